The van der Waals surface area contributed by atoms with E-state index in [0.29, 0.717) is 11.4 Å². The Bertz CT molecular complexity index is 871. The van der Waals surface area contributed by atoms with Crippen LogP contribution in [0.2, 0.25) is 5.02 Å². The molecule has 3 heterocycles. The van der Waals surface area contributed by atoms with Crippen LogP contribution in [0.3, 0.4) is 0 Å². The first-order valence-electron chi connectivity index (χ1n) is 10.0. The van der Waals surface area contributed by atoms with Crippen molar-refractivity contribution in [2.24, 2.45) is 5.10 Å². The van der Waals surface area contributed by atoms with Gasteiger partial charge in [0.1, 0.15) is 11.8 Å². The predicted octanol–water partition coefficient (Wildman–Crippen LogP) is 4.11. The first kappa shape index (κ1) is 20.1. The molecule has 4 atom stereocenters. The second kappa shape index (κ2) is 8.30. The first-order valence-corrected chi connectivity index (χ1v) is 10.4. The maximum atomic E-state index is 13.5. The van der Waals surface area contributed by atoms with Gasteiger partial charge in [-0.2, -0.15) is 5.10 Å². The lowest BCUT2D eigenvalue weighted by Crippen LogP contribution is -2.54. The van der Waals surface area contributed by atoms with Crippen LogP contribution in [0.5, 0.6) is 0 Å². The number of rotatable bonds is 4. The Morgan fingerprint density at radius 2 is 1.86 bits per heavy atom. The molecule has 29 heavy (non-hydrogen) atoms. The second-order valence-corrected chi connectivity index (χ2v) is 8.30. The van der Waals surface area contributed by atoms with Crippen LogP contribution >= 0.6 is 11.6 Å². The summed E-state index contributed by atoms with van der Waals surface area (Å²) in [5.74, 6) is 0.707. The van der Waals surface area contributed by atoms with E-state index in [1.807, 2.05) is 57.2 Å². The van der Waals surface area contributed by atoms with Gasteiger partial charge in [-0.15, -0.1) is 0 Å². The zero-order chi connectivity index (χ0) is 20.5. The van der Waals surface area contributed by atoms with E-state index in [-0.39, 0.29) is 30.2 Å². The number of morpholine rings is 1. The minimum Gasteiger partial charge on any atom is -0.467 e. The van der Waals surface area contributed by atoms with E-state index in [4.69, 9.17) is 25.9 Å². The van der Waals surface area contributed by atoms with Gasteiger partial charge in [0.05, 0.1) is 30.2 Å². The zero-order valence-corrected chi connectivity index (χ0v) is 17.7. The van der Waals surface area contributed by atoms with Gasteiger partial charge in [0, 0.05) is 24.5 Å². The number of carbonyl (C=O) groups is 1. The molecule has 0 saturated carbocycles. The molecule has 1 amide bonds. The van der Waals surface area contributed by atoms with Gasteiger partial charge in [-0.1, -0.05) is 23.7 Å². The van der Waals surface area contributed by atoms with Gasteiger partial charge < -0.3 is 9.15 Å². The molecule has 2 aliphatic heterocycles. The Labute approximate surface area is 176 Å². The Balaban J connectivity index is 1.60. The number of furan rings is 1. The van der Waals surface area contributed by atoms with Crippen molar-refractivity contribution in [1.29, 1.82) is 0 Å². The molecule has 1 fully saturated rings. The minimum absolute atomic E-state index is 0.0309. The fourth-order valence-corrected chi connectivity index (χ4v) is 4.24. The molecule has 0 radical (unpaired) electrons. The molecule has 4 unspecified atom stereocenters. The van der Waals surface area contributed by atoms with Crippen molar-refractivity contribution in [2.75, 3.05) is 13.1 Å². The summed E-state index contributed by atoms with van der Waals surface area (Å²) < 4.78 is 11.5. The quantitative estimate of drug-likeness (QED) is 0.754. The summed E-state index contributed by atoms with van der Waals surface area (Å²) in [6.07, 6.45) is 2.43. The van der Waals surface area contributed by atoms with Crippen LogP contribution < -0.4 is 0 Å². The summed E-state index contributed by atoms with van der Waals surface area (Å²) in [6.45, 7) is 7.48. The summed E-state index contributed by atoms with van der Waals surface area (Å²) in [5, 5.41) is 6.99. The molecule has 2 aliphatic rings. The second-order valence-electron chi connectivity index (χ2n) is 7.86. The number of hydrazone groups is 1. The number of amides is 1. The van der Waals surface area contributed by atoms with Gasteiger partial charge in [-0.3, -0.25) is 9.69 Å². The van der Waals surface area contributed by atoms with E-state index in [0.717, 1.165) is 30.1 Å². The van der Waals surface area contributed by atoms with Gasteiger partial charge in [0.2, 0.25) is 0 Å². The Hall–Kier alpha value is -2.15. The molecular weight excluding hydrogens is 390 g/mol. The van der Waals surface area contributed by atoms with E-state index in [1.165, 1.54) is 0 Å². The van der Waals surface area contributed by atoms with Gasteiger partial charge in [-0.05, 0) is 50.6 Å². The number of benzene rings is 1. The Morgan fingerprint density at radius 3 is 2.48 bits per heavy atom. The summed E-state index contributed by atoms with van der Waals surface area (Å²) >= 11 is 6.02. The smallest absolute Gasteiger partial charge is 0.260 e. The molecule has 1 saturated heterocycles. The van der Waals surface area contributed by atoms with Crippen molar-refractivity contribution in [3.05, 3.63) is 59.0 Å². The molecule has 0 N–H and O–H groups in total. The number of hydrogen-bond acceptors (Lipinski definition) is 5. The van der Waals surface area contributed by atoms with Crippen molar-refractivity contribution in [3.63, 3.8) is 0 Å². The first-order chi connectivity index (χ1) is 13.9. The maximum absolute atomic E-state index is 13.5. The lowest BCUT2D eigenvalue weighted by atomic mass is 10.0. The largest absolute Gasteiger partial charge is 0.467 e. The summed E-state index contributed by atoms with van der Waals surface area (Å²) in [7, 11) is 0. The van der Waals surface area contributed by atoms with Crippen LogP contribution in [-0.2, 0) is 9.53 Å². The van der Waals surface area contributed by atoms with Crippen molar-refractivity contribution < 1.29 is 13.9 Å². The molecular formula is C22H26ClN3O3. The highest BCUT2D eigenvalue weighted by Gasteiger charge is 2.39. The number of hydrogen-bond donors (Lipinski definition) is 0. The van der Waals surface area contributed by atoms with E-state index in [9.17, 15) is 4.79 Å². The monoisotopic (exact) mass is 415 g/mol. The van der Waals surface area contributed by atoms with Crippen molar-refractivity contribution in [3.8, 4) is 0 Å². The van der Waals surface area contributed by atoms with Crippen LogP contribution in [0.4, 0.5) is 0 Å². The highest BCUT2D eigenvalue weighted by atomic mass is 35.5. The van der Waals surface area contributed by atoms with Crippen LogP contribution in [0.25, 0.3) is 0 Å². The average Bonchev–Trinajstić information content (AvgIpc) is 3.36. The zero-order valence-electron chi connectivity index (χ0n) is 16.9. The SMILES string of the molecule is CC1CN(C(C)C(=O)N2N=C(c3ccc(Cl)cc3)CC2c2ccco2)CC(C)O1. The Kier molecular flexibility index (Phi) is 5.76. The average molecular weight is 416 g/mol. The molecule has 6 nitrogen and oxygen atoms in total. The third-order valence-corrected chi connectivity index (χ3v) is 5.79. The van der Waals surface area contributed by atoms with Gasteiger partial charge in [-0.25, -0.2) is 5.01 Å². The predicted molar refractivity (Wildman–Crippen MR) is 112 cm³/mol. The van der Waals surface area contributed by atoms with Crippen LogP contribution in [0.1, 0.15) is 44.6 Å². The highest BCUT2D eigenvalue weighted by molar-refractivity contribution is 6.30. The van der Waals surface area contributed by atoms with Gasteiger partial charge in [0.15, 0.2) is 0 Å². The van der Waals surface area contributed by atoms with Crippen LogP contribution in [0.15, 0.2) is 52.2 Å². The number of nitrogens with zero attached hydrogens (tertiary/aromatic N) is 3. The Morgan fingerprint density at radius 1 is 1.17 bits per heavy atom. The molecule has 7 heteroatoms. The van der Waals surface area contributed by atoms with Crippen LogP contribution in [-0.4, -0.2) is 52.9 Å². The molecule has 4 rings (SSSR count). The van der Waals surface area contributed by atoms with E-state index in [2.05, 4.69) is 4.90 Å². The summed E-state index contributed by atoms with van der Waals surface area (Å²) in [5.41, 5.74) is 1.81. The number of ether oxygens (including phenoxy) is 1. The number of carbonyl (C=O) groups excluding carboxylic acids is 1. The van der Waals surface area contributed by atoms with E-state index >= 15 is 0 Å². The molecule has 2 aromatic rings. The summed E-state index contributed by atoms with van der Waals surface area (Å²) in [4.78, 5) is 15.6. The maximum Gasteiger partial charge on any atom is 0.260 e. The number of halogens is 1. The summed E-state index contributed by atoms with van der Waals surface area (Å²) in [6, 6.07) is 10.7. The van der Waals surface area contributed by atoms with E-state index in [1.54, 1.807) is 11.3 Å². The normalized spacial score (nSPS) is 26.4. The molecule has 0 aliphatic carbocycles. The molecule has 0 bridgehead atoms. The lowest BCUT2D eigenvalue weighted by Gasteiger charge is -2.39. The van der Waals surface area contributed by atoms with E-state index < -0.39 is 0 Å². The lowest BCUT2D eigenvalue weighted by molar-refractivity contribution is -0.144. The fraction of sp³-hybridized carbons (Fsp3) is 0.455. The van der Waals surface area contributed by atoms with Crippen molar-refractivity contribution in [1.82, 2.24) is 9.91 Å². The minimum atomic E-state index is -0.297. The molecule has 154 valence electrons. The van der Waals surface area contributed by atoms with Crippen molar-refractivity contribution in [2.45, 2.75) is 51.5 Å². The fourth-order valence-electron chi connectivity index (χ4n) is 4.11. The third kappa shape index (κ3) is 4.25. The van der Waals surface area contributed by atoms with Crippen LogP contribution in [0, 0.1) is 0 Å². The molecule has 0 spiro atoms. The standard InChI is InChI=1S/C22H26ClN3O3/c1-14-12-25(13-15(2)29-14)16(3)22(27)26-20(21-5-4-10-28-21)11-19(24-26)17-6-8-18(23)9-7-17/h4-10,14-16,20H,11-13H2,1-3H3. The third-order valence-electron chi connectivity index (χ3n) is 5.54. The molecule has 1 aromatic heterocycles. The highest BCUT2D eigenvalue weighted by Crippen LogP contribution is 2.34. The van der Waals surface area contributed by atoms with Crippen molar-refractivity contribution >= 4 is 23.2 Å². The van der Waals surface area contributed by atoms with Gasteiger partial charge >= 0.3 is 0 Å². The topological polar surface area (TPSA) is 58.3 Å². The van der Waals surface area contributed by atoms with Gasteiger partial charge in [0.25, 0.3) is 5.91 Å². The molecule has 1 aromatic carbocycles.